The highest BCUT2D eigenvalue weighted by atomic mass is 16.5. The van der Waals surface area contributed by atoms with E-state index in [0.717, 1.165) is 24.2 Å². The second-order valence-electron chi connectivity index (χ2n) is 8.09. The molecule has 2 fully saturated rings. The van der Waals surface area contributed by atoms with Gasteiger partial charge in [0.05, 0.1) is 12.4 Å². The molecule has 2 saturated carbocycles. The average molecular weight is 321 g/mol. The Balaban J connectivity index is 1.65. The largest absolute Gasteiger partial charge is 0.498 e. The van der Waals surface area contributed by atoms with Gasteiger partial charge in [-0.2, -0.15) is 0 Å². The smallest absolute Gasteiger partial charge is 0.0981 e. The average Bonchev–Trinajstić information content (AvgIpc) is 2.60. The van der Waals surface area contributed by atoms with E-state index in [1.54, 1.807) is 0 Å². The van der Waals surface area contributed by atoms with Gasteiger partial charge in [-0.1, -0.05) is 64.9 Å². The number of unbranched alkanes of at least 4 members (excludes halogenated alkanes) is 3. The zero-order valence-electron chi connectivity index (χ0n) is 15.8. The topological polar surface area (TPSA) is 9.23 Å². The summed E-state index contributed by atoms with van der Waals surface area (Å²) >= 11 is 0. The number of ether oxygens (including phenoxy) is 1. The highest BCUT2D eigenvalue weighted by molar-refractivity contribution is 4.84. The van der Waals surface area contributed by atoms with Gasteiger partial charge in [-0.3, -0.25) is 0 Å². The Morgan fingerprint density at radius 3 is 2.43 bits per heavy atom. The molecule has 0 aromatic heterocycles. The van der Waals surface area contributed by atoms with Crippen molar-refractivity contribution in [3.8, 4) is 0 Å². The van der Waals surface area contributed by atoms with Crippen molar-refractivity contribution < 1.29 is 4.74 Å². The van der Waals surface area contributed by atoms with E-state index in [-0.39, 0.29) is 0 Å². The van der Waals surface area contributed by atoms with Gasteiger partial charge >= 0.3 is 0 Å². The maximum atomic E-state index is 5.96. The Kier molecular flexibility index (Phi) is 9.15. The van der Waals surface area contributed by atoms with E-state index >= 15 is 0 Å². The lowest BCUT2D eigenvalue weighted by atomic mass is 9.70. The molecule has 0 aromatic carbocycles. The minimum absolute atomic E-state index is 0.503. The van der Waals surface area contributed by atoms with E-state index in [0.29, 0.717) is 6.10 Å². The van der Waals surface area contributed by atoms with Crippen LogP contribution in [0.1, 0.15) is 104 Å². The molecule has 0 spiro atoms. The molecule has 0 saturated heterocycles. The molecule has 1 nitrogen and oxygen atoms in total. The molecule has 0 bridgehead atoms. The van der Waals surface area contributed by atoms with Crippen LogP contribution >= 0.6 is 0 Å². The van der Waals surface area contributed by atoms with Crippen LogP contribution in [-0.4, -0.2) is 6.10 Å². The molecule has 134 valence electrons. The monoisotopic (exact) mass is 320 g/mol. The molecule has 1 heteroatoms. The van der Waals surface area contributed by atoms with Crippen LogP contribution in [0.5, 0.6) is 0 Å². The molecule has 0 aliphatic heterocycles. The minimum atomic E-state index is 0.503. The molecule has 0 N–H and O–H groups in total. The third-order valence-corrected chi connectivity index (χ3v) is 6.29. The third kappa shape index (κ3) is 6.89. The fraction of sp³-hybridized carbons (Fsp3) is 0.909. The zero-order chi connectivity index (χ0) is 16.3. The summed E-state index contributed by atoms with van der Waals surface area (Å²) in [5.74, 6) is 3.00. The van der Waals surface area contributed by atoms with Gasteiger partial charge in [-0.05, 0) is 62.7 Å². The van der Waals surface area contributed by atoms with Crippen LogP contribution in [0.2, 0.25) is 0 Å². The Bertz CT molecular complexity index is 314. The van der Waals surface area contributed by atoms with Crippen molar-refractivity contribution in [2.24, 2.45) is 17.8 Å². The molecule has 2 rings (SSSR count). The minimum Gasteiger partial charge on any atom is -0.498 e. The summed E-state index contributed by atoms with van der Waals surface area (Å²) in [6, 6.07) is 0. The summed E-state index contributed by atoms with van der Waals surface area (Å²) in [5.41, 5.74) is 0. The second-order valence-corrected chi connectivity index (χ2v) is 8.09. The van der Waals surface area contributed by atoms with E-state index in [2.05, 4.69) is 19.9 Å². The summed E-state index contributed by atoms with van der Waals surface area (Å²) < 4.78 is 5.96. The van der Waals surface area contributed by atoms with Crippen LogP contribution in [0.4, 0.5) is 0 Å². The number of hydrogen-bond donors (Lipinski definition) is 0. The molecule has 0 unspecified atom stereocenters. The van der Waals surface area contributed by atoms with E-state index < -0.39 is 0 Å². The molecule has 0 heterocycles. The lowest BCUT2D eigenvalue weighted by molar-refractivity contribution is 0.0510. The van der Waals surface area contributed by atoms with E-state index in [9.17, 15) is 0 Å². The Labute approximate surface area is 145 Å². The Morgan fingerprint density at radius 2 is 1.70 bits per heavy atom. The fourth-order valence-electron chi connectivity index (χ4n) is 4.80. The summed E-state index contributed by atoms with van der Waals surface area (Å²) in [6.45, 7) is 4.48. The van der Waals surface area contributed by atoms with Gasteiger partial charge < -0.3 is 4.74 Å². The Morgan fingerprint density at radius 1 is 0.870 bits per heavy atom. The van der Waals surface area contributed by atoms with Crippen molar-refractivity contribution in [3.05, 3.63) is 12.3 Å². The molecule has 2 atom stereocenters. The molecule has 0 aromatic rings. The lowest BCUT2D eigenvalue weighted by Gasteiger charge is -2.38. The van der Waals surface area contributed by atoms with Crippen LogP contribution in [0, 0.1) is 17.8 Å². The molecular formula is C22H40O. The van der Waals surface area contributed by atoms with Gasteiger partial charge in [0.2, 0.25) is 0 Å². The van der Waals surface area contributed by atoms with Gasteiger partial charge in [0.1, 0.15) is 0 Å². The molecule has 0 radical (unpaired) electrons. The molecular weight excluding hydrogens is 280 g/mol. The van der Waals surface area contributed by atoms with Gasteiger partial charge in [-0.25, -0.2) is 0 Å². The van der Waals surface area contributed by atoms with Crippen molar-refractivity contribution in [3.63, 3.8) is 0 Å². The predicted octanol–water partition coefficient (Wildman–Crippen LogP) is 7.26. The van der Waals surface area contributed by atoms with Crippen molar-refractivity contribution in [2.75, 3.05) is 0 Å². The molecule has 23 heavy (non-hydrogen) atoms. The van der Waals surface area contributed by atoms with Crippen LogP contribution in [0.15, 0.2) is 12.3 Å². The van der Waals surface area contributed by atoms with Crippen LogP contribution in [0.25, 0.3) is 0 Å². The highest BCUT2D eigenvalue weighted by Gasteiger charge is 2.31. The van der Waals surface area contributed by atoms with Gasteiger partial charge in [0.25, 0.3) is 0 Å². The standard InChI is InChI=1S/C22H40O/c1-3-5-7-8-10-19-13-15-20(16-14-19)21-11-9-12-22(18-21)23-17-6-4-2/h6,17,19-22H,3-5,7-16,18H2,1-2H3/b17-6+/t19?,20?,21-,22-/m1/s1. The first-order valence-electron chi connectivity index (χ1n) is 10.6. The van der Waals surface area contributed by atoms with Crippen molar-refractivity contribution >= 4 is 0 Å². The molecule has 0 amide bonds. The van der Waals surface area contributed by atoms with E-state index in [1.807, 2.05) is 6.26 Å². The summed E-state index contributed by atoms with van der Waals surface area (Å²) in [4.78, 5) is 0. The van der Waals surface area contributed by atoms with Crippen molar-refractivity contribution in [2.45, 2.75) is 110 Å². The predicted molar refractivity (Wildman–Crippen MR) is 100 cm³/mol. The SMILES string of the molecule is CC/C=C/O[C@@H]1CCC[C@@H](C2CCC(CCCCCC)CC2)C1. The molecule has 2 aliphatic carbocycles. The number of rotatable bonds is 9. The van der Waals surface area contributed by atoms with E-state index in [4.69, 9.17) is 4.74 Å². The normalized spacial score (nSPS) is 32.3. The number of hydrogen-bond acceptors (Lipinski definition) is 1. The number of allylic oxidation sites excluding steroid dienone is 1. The summed E-state index contributed by atoms with van der Waals surface area (Å²) in [6.07, 6.45) is 24.4. The summed E-state index contributed by atoms with van der Waals surface area (Å²) in [7, 11) is 0. The Hall–Kier alpha value is -0.460. The first-order chi connectivity index (χ1) is 11.3. The highest BCUT2D eigenvalue weighted by Crippen LogP contribution is 2.41. The van der Waals surface area contributed by atoms with Crippen molar-refractivity contribution in [1.82, 2.24) is 0 Å². The van der Waals surface area contributed by atoms with Gasteiger partial charge in [-0.15, -0.1) is 0 Å². The van der Waals surface area contributed by atoms with Gasteiger partial charge in [0.15, 0.2) is 0 Å². The van der Waals surface area contributed by atoms with Gasteiger partial charge in [0, 0.05) is 0 Å². The molecule has 2 aliphatic rings. The summed E-state index contributed by atoms with van der Waals surface area (Å²) in [5, 5.41) is 0. The maximum Gasteiger partial charge on any atom is 0.0981 e. The lowest BCUT2D eigenvalue weighted by Crippen LogP contribution is -2.29. The van der Waals surface area contributed by atoms with Crippen molar-refractivity contribution in [1.29, 1.82) is 0 Å². The first-order valence-corrected chi connectivity index (χ1v) is 10.6. The first kappa shape index (κ1) is 18.9. The maximum absolute atomic E-state index is 5.96. The van der Waals surface area contributed by atoms with Crippen LogP contribution < -0.4 is 0 Å². The van der Waals surface area contributed by atoms with Crippen LogP contribution in [0.3, 0.4) is 0 Å². The fourth-order valence-corrected chi connectivity index (χ4v) is 4.80. The zero-order valence-corrected chi connectivity index (χ0v) is 15.8. The third-order valence-electron chi connectivity index (χ3n) is 6.29. The second kappa shape index (κ2) is 11.2. The quantitative estimate of drug-likeness (QED) is 0.321. The van der Waals surface area contributed by atoms with E-state index in [1.165, 1.54) is 83.5 Å². The van der Waals surface area contributed by atoms with Crippen LogP contribution in [-0.2, 0) is 4.74 Å².